The topological polar surface area (TPSA) is 94.1 Å². The monoisotopic (exact) mass is 409 g/mol. The number of hydrogen-bond donors (Lipinski definition) is 2. The standard InChI is InChI=1S/C17H16BrNO6/c1-23-11-4-6-15(24-2)13(8-11)19-16(21)9-25-17(22)12-7-10(18)3-5-14(12)20/h3-8,20H,9H2,1-2H3,(H,19,21). The first-order valence-corrected chi connectivity index (χ1v) is 7.91. The van der Waals surface area contributed by atoms with Gasteiger partial charge in [0.15, 0.2) is 6.61 Å². The number of benzene rings is 2. The maximum atomic E-state index is 12.0. The fourth-order valence-corrected chi connectivity index (χ4v) is 2.34. The maximum Gasteiger partial charge on any atom is 0.342 e. The number of halogens is 1. The summed E-state index contributed by atoms with van der Waals surface area (Å²) in [7, 11) is 2.97. The Morgan fingerprint density at radius 1 is 1.12 bits per heavy atom. The molecule has 0 saturated heterocycles. The first-order valence-electron chi connectivity index (χ1n) is 7.12. The van der Waals surface area contributed by atoms with Gasteiger partial charge in [-0.15, -0.1) is 0 Å². The van der Waals surface area contributed by atoms with Crippen molar-refractivity contribution in [2.75, 3.05) is 26.1 Å². The molecule has 2 aromatic carbocycles. The molecule has 0 aliphatic carbocycles. The quantitative estimate of drug-likeness (QED) is 0.712. The highest BCUT2D eigenvalue weighted by Crippen LogP contribution is 2.29. The number of phenols is 1. The number of carbonyl (C=O) groups excluding carboxylic acids is 2. The minimum atomic E-state index is -0.813. The normalized spacial score (nSPS) is 10.0. The second-order valence-corrected chi connectivity index (χ2v) is 5.77. The van der Waals surface area contributed by atoms with E-state index in [4.69, 9.17) is 14.2 Å². The molecule has 0 unspecified atom stereocenters. The summed E-state index contributed by atoms with van der Waals surface area (Å²) in [6, 6.07) is 9.24. The van der Waals surface area contributed by atoms with Gasteiger partial charge in [-0.25, -0.2) is 4.79 Å². The highest BCUT2D eigenvalue weighted by atomic mass is 79.9. The molecule has 8 heteroatoms. The van der Waals surface area contributed by atoms with Crippen LogP contribution >= 0.6 is 15.9 Å². The van der Waals surface area contributed by atoms with Gasteiger partial charge in [-0.1, -0.05) is 15.9 Å². The molecule has 25 heavy (non-hydrogen) atoms. The van der Waals surface area contributed by atoms with Gasteiger partial charge < -0.3 is 24.6 Å². The highest BCUT2D eigenvalue weighted by molar-refractivity contribution is 9.10. The number of anilines is 1. The molecular weight excluding hydrogens is 394 g/mol. The summed E-state index contributed by atoms with van der Waals surface area (Å²) in [5.41, 5.74) is 0.342. The number of methoxy groups -OCH3 is 2. The molecule has 1 amide bonds. The van der Waals surface area contributed by atoms with Gasteiger partial charge in [0, 0.05) is 10.5 Å². The average Bonchev–Trinajstić information content (AvgIpc) is 2.61. The highest BCUT2D eigenvalue weighted by Gasteiger charge is 2.16. The molecule has 2 aromatic rings. The third-order valence-electron chi connectivity index (χ3n) is 3.19. The summed E-state index contributed by atoms with van der Waals surface area (Å²) in [5.74, 6) is -0.638. The number of aromatic hydroxyl groups is 1. The van der Waals surface area contributed by atoms with Gasteiger partial charge in [-0.3, -0.25) is 4.79 Å². The van der Waals surface area contributed by atoms with Gasteiger partial charge in [-0.05, 0) is 30.3 Å². The number of nitrogens with one attached hydrogen (secondary N) is 1. The van der Waals surface area contributed by atoms with Crippen LogP contribution in [0.4, 0.5) is 5.69 Å². The van der Waals surface area contributed by atoms with E-state index >= 15 is 0 Å². The zero-order valence-electron chi connectivity index (χ0n) is 13.5. The van der Waals surface area contributed by atoms with Crippen molar-refractivity contribution in [3.8, 4) is 17.2 Å². The van der Waals surface area contributed by atoms with E-state index < -0.39 is 18.5 Å². The number of hydrogen-bond acceptors (Lipinski definition) is 6. The van der Waals surface area contributed by atoms with Crippen LogP contribution < -0.4 is 14.8 Å². The van der Waals surface area contributed by atoms with E-state index in [0.29, 0.717) is 21.7 Å². The number of carbonyl (C=O) groups is 2. The van der Waals surface area contributed by atoms with Crippen LogP contribution in [0.1, 0.15) is 10.4 Å². The molecule has 0 atom stereocenters. The lowest BCUT2D eigenvalue weighted by molar-refractivity contribution is -0.119. The molecule has 0 aliphatic rings. The number of phenolic OH excluding ortho intramolecular Hbond substituents is 1. The third-order valence-corrected chi connectivity index (χ3v) is 3.69. The second kappa shape index (κ2) is 8.39. The molecule has 2 rings (SSSR count). The molecule has 0 spiro atoms. The minimum Gasteiger partial charge on any atom is -0.507 e. The number of ether oxygens (including phenoxy) is 3. The molecule has 0 radical (unpaired) electrons. The Balaban J connectivity index is 2.01. The van der Waals surface area contributed by atoms with Crippen molar-refractivity contribution < 1.29 is 28.9 Å². The van der Waals surface area contributed by atoms with Crippen LogP contribution in [0.3, 0.4) is 0 Å². The molecule has 0 aromatic heterocycles. The Morgan fingerprint density at radius 3 is 2.56 bits per heavy atom. The van der Waals surface area contributed by atoms with Crippen molar-refractivity contribution in [1.82, 2.24) is 0 Å². The van der Waals surface area contributed by atoms with Crippen molar-refractivity contribution in [2.45, 2.75) is 0 Å². The summed E-state index contributed by atoms with van der Waals surface area (Å²) in [6.07, 6.45) is 0. The minimum absolute atomic E-state index is 0.0406. The molecule has 0 saturated carbocycles. The predicted octanol–water partition coefficient (Wildman–Crippen LogP) is 2.97. The van der Waals surface area contributed by atoms with Crippen molar-refractivity contribution in [3.05, 3.63) is 46.4 Å². The zero-order valence-corrected chi connectivity index (χ0v) is 15.1. The zero-order chi connectivity index (χ0) is 18.4. The Labute approximate surface area is 152 Å². The second-order valence-electron chi connectivity index (χ2n) is 4.85. The number of rotatable bonds is 6. The molecule has 0 fully saturated rings. The smallest absolute Gasteiger partial charge is 0.342 e. The molecule has 7 nitrogen and oxygen atoms in total. The molecule has 0 bridgehead atoms. The molecular formula is C17H16BrNO6. The van der Waals surface area contributed by atoms with Gasteiger partial charge >= 0.3 is 5.97 Å². The van der Waals surface area contributed by atoms with Crippen LogP contribution in [0.25, 0.3) is 0 Å². The van der Waals surface area contributed by atoms with E-state index in [-0.39, 0.29) is 11.3 Å². The van der Waals surface area contributed by atoms with E-state index in [1.54, 1.807) is 24.3 Å². The predicted molar refractivity (Wildman–Crippen MR) is 94.3 cm³/mol. The van der Waals surface area contributed by atoms with Gasteiger partial charge in [0.1, 0.15) is 22.8 Å². The maximum absolute atomic E-state index is 12.0. The Hall–Kier alpha value is -2.74. The van der Waals surface area contributed by atoms with Gasteiger partial charge in [0.2, 0.25) is 0 Å². The largest absolute Gasteiger partial charge is 0.507 e. The van der Waals surface area contributed by atoms with Gasteiger partial charge in [0.05, 0.1) is 19.9 Å². The van der Waals surface area contributed by atoms with Gasteiger partial charge in [0.25, 0.3) is 5.91 Å². The number of amides is 1. The summed E-state index contributed by atoms with van der Waals surface area (Å²) in [5, 5.41) is 12.3. The van der Waals surface area contributed by atoms with Crippen molar-refractivity contribution >= 4 is 33.5 Å². The SMILES string of the molecule is COc1ccc(OC)c(NC(=O)COC(=O)c2cc(Br)ccc2O)c1. The van der Waals surface area contributed by atoms with Crippen molar-refractivity contribution in [3.63, 3.8) is 0 Å². The lowest BCUT2D eigenvalue weighted by atomic mass is 10.2. The summed E-state index contributed by atoms with van der Waals surface area (Å²) in [6.45, 7) is -0.523. The van der Waals surface area contributed by atoms with E-state index in [1.165, 1.54) is 26.4 Å². The Kier molecular flexibility index (Phi) is 6.24. The summed E-state index contributed by atoms with van der Waals surface area (Å²) in [4.78, 5) is 24.0. The van der Waals surface area contributed by atoms with Crippen LogP contribution in [0.5, 0.6) is 17.2 Å². The van der Waals surface area contributed by atoms with Crippen LogP contribution in [0.2, 0.25) is 0 Å². The molecule has 0 aliphatic heterocycles. The van der Waals surface area contributed by atoms with E-state index in [2.05, 4.69) is 21.2 Å². The summed E-state index contributed by atoms with van der Waals surface area (Å²) < 4.78 is 15.8. The molecule has 132 valence electrons. The fraction of sp³-hybridized carbons (Fsp3) is 0.176. The van der Waals surface area contributed by atoms with Crippen LogP contribution in [-0.4, -0.2) is 37.8 Å². The van der Waals surface area contributed by atoms with Gasteiger partial charge in [-0.2, -0.15) is 0 Å². The lowest BCUT2D eigenvalue weighted by Crippen LogP contribution is -2.21. The van der Waals surface area contributed by atoms with E-state index in [0.717, 1.165) is 0 Å². The van der Waals surface area contributed by atoms with Crippen LogP contribution in [0.15, 0.2) is 40.9 Å². The van der Waals surface area contributed by atoms with E-state index in [9.17, 15) is 14.7 Å². The van der Waals surface area contributed by atoms with E-state index in [1.807, 2.05) is 0 Å². The first kappa shape index (κ1) is 18.6. The van der Waals surface area contributed by atoms with Crippen molar-refractivity contribution in [2.24, 2.45) is 0 Å². The Morgan fingerprint density at radius 2 is 1.88 bits per heavy atom. The van der Waals surface area contributed by atoms with Crippen LogP contribution in [-0.2, 0) is 9.53 Å². The number of esters is 1. The first-order chi connectivity index (χ1) is 11.9. The summed E-state index contributed by atoms with van der Waals surface area (Å²) >= 11 is 3.19. The fourth-order valence-electron chi connectivity index (χ4n) is 1.98. The third kappa shape index (κ3) is 4.87. The molecule has 0 heterocycles. The Bertz CT molecular complexity index is 793. The average molecular weight is 410 g/mol. The van der Waals surface area contributed by atoms with Crippen molar-refractivity contribution in [1.29, 1.82) is 0 Å². The van der Waals surface area contributed by atoms with Crippen LogP contribution in [0, 0.1) is 0 Å². The molecule has 2 N–H and O–H groups in total. The lowest BCUT2D eigenvalue weighted by Gasteiger charge is -2.12.